The van der Waals surface area contributed by atoms with Gasteiger partial charge in [-0.1, -0.05) is 0 Å². The molecule has 10 heteroatoms. The van der Waals surface area contributed by atoms with Crippen molar-refractivity contribution in [1.29, 1.82) is 0 Å². The number of nitrogens with two attached hydrogens (primary N) is 1. The molecule has 0 saturated carbocycles. The first-order chi connectivity index (χ1) is 5.37. The lowest BCUT2D eigenvalue weighted by atomic mass is 10.5. The largest absolute Gasteiger partial charge is 0.596 e. The van der Waals surface area contributed by atoms with Gasteiger partial charge in [-0.2, -0.15) is 0 Å². The van der Waals surface area contributed by atoms with Crippen molar-refractivity contribution >= 4 is 29.2 Å². The maximum absolute atomic E-state index is 10.1. The van der Waals surface area contributed by atoms with Gasteiger partial charge < -0.3 is 5.73 Å². The highest BCUT2D eigenvalue weighted by atomic mass is 35.5. The third kappa shape index (κ3) is 1.53. The van der Waals surface area contributed by atoms with Crippen molar-refractivity contribution < 1.29 is 9.85 Å². The molecule has 0 heterocycles. The zero-order valence-electron chi connectivity index (χ0n) is 5.31. The number of nitro groups is 2. The fourth-order valence-corrected chi connectivity index (χ4v) is 0.511. The molecule has 0 atom stereocenters. The van der Waals surface area contributed by atoms with Crippen LogP contribution in [0.5, 0.6) is 0 Å². The molecule has 0 aromatic heterocycles. The first kappa shape index (κ1) is 10.8. The average Bonchev–Trinajstić information content (AvgIpc) is 2.00. The van der Waals surface area contributed by atoms with Gasteiger partial charge in [0.15, 0.2) is 0 Å². The van der Waals surface area contributed by atoms with E-state index in [4.69, 9.17) is 29.1 Å². The van der Waals surface area contributed by atoms with Crippen LogP contribution in [0.2, 0.25) is 0 Å². The summed E-state index contributed by atoms with van der Waals surface area (Å²) in [6.07, 6.45) is 0. The van der Waals surface area contributed by atoms with Crippen LogP contribution in [0.15, 0.2) is 4.51 Å². The molecule has 0 aromatic rings. The number of amidine groups is 1. The Labute approximate surface area is 75.4 Å². The number of hydrogen-bond donors (Lipinski definition) is 1. The molecule has 68 valence electrons. The SMILES string of the molecule is N/C(=N\Cl)C(Cl)([N+](=O)[O-])[N+](=O)[O-]. The van der Waals surface area contributed by atoms with E-state index in [1.807, 2.05) is 0 Å². The Morgan fingerprint density at radius 3 is 1.83 bits per heavy atom. The van der Waals surface area contributed by atoms with Crippen molar-refractivity contribution in [2.24, 2.45) is 10.2 Å². The van der Waals surface area contributed by atoms with Gasteiger partial charge in [0.05, 0.1) is 11.6 Å². The molecule has 0 aromatic carbocycles. The van der Waals surface area contributed by atoms with E-state index >= 15 is 0 Å². The molecule has 12 heavy (non-hydrogen) atoms. The van der Waals surface area contributed by atoms with Crippen LogP contribution in [0.1, 0.15) is 0 Å². The fourth-order valence-electron chi connectivity index (χ4n) is 0.307. The molecule has 0 aliphatic heterocycles. The van der Waals surface area contributed by atoms with Crippen LogP contribution in [-0.4, -0.2) is 20.8 Å². The number of hydrogen-bond acceptors (Lipinski definition) is 5. The van der Waals surface area contributed by atoms with Crippen LogP contribution in [0, 0.1) is 20.2 Å². The summed E-state index contributed by atoms with van der Waals surface area (Å²) in [6, 6.07) is 0. The quantitative estimate of drug-likeness (QED) is 0.135. The highest BCUT2D eigenvalue weighted by molar-refractivity contribution is 6.35. The lowest BCUT2D eigenvalue weighted by Crippen LogP contribution is -2.51. The first-order valence-corrected chi connectivity index (χ1v) is 3.01. The summed E-state index contributed by atoms with van der Waals surface area (Å²) < 4.78 is 2.55. The molecule has 0 unspecified atom stereocenters. The smallest absolute Gasteiger partial charge is 0.372 e. The van der Waals surface area contributed by atoms with Gasteiger partial charge in [-0.3, -0.25) is 20.2 Å². The molecule has 0 bridgehead atoms. The van der Waals surface area contributed by atoms with Gasteiger partial charge in [-0.15, -0.1) is 4.51 Å². The van der Waals surface area contributed by atoms with E-state index in [0.717, 1.165) is 0 Å². The molecule has 0 aliphatic carbocycles. The lowest BCUT2D eigenvalue weighted by molar-refractivity contribution is -0.742. The molecule has 0 rings (SSSR count). The second kappa shape index (κ2) is 3.50. The molecule has 0 spiro atoms. The maximum atomic E-state index is 10.1. The van der Waals surface area contributed by atoms with E-state index < -0.39 is 20.8 Å². The molecule has 0 amide bonds. The summed E-state index contributed by atoms with van der Waals surface area (Å²) in [5, 5.41) is 17.0. The molecular weight excluding hydrogens is 215 g/mol. The highest BCUT2D eigenvalue weighted by Gasteiger charge is 2.60. The third-order valence-electron chi connectivity index (χ3n) is 0.901. The summed E-state index contributed by atoms with van der Waals surface area (Å²) >= 11 is 9.62. The van der Waals surface area contributed by atoms with Gasteiger partial charge >= 0.3 is 5.12 Å². The van der Waals surface area contributed by atoms with Gasteiger partial charge in [0.2, 0.25) is 0 Å². The monoisotopic (exact) mass is 216 g/mol. The summed E-state index contributed by atoms with van der Waals surface area (Å²) in [4.78, 5) is 17.3. The van der Waals surface area contributed by atoms with Gasteiger partial charge in [-0.25, -0.2) is 0 Å². The normalized spacial score (nSPS) is 12.7. The minimum atomic E-state index is -3.18. The number of halogens is 2. The van der Waals surface area contributed by atoms with Crippen molar-refractivity contribution in [3.63, 3.8) is 0 Å². The van der Waals surface area contributed by atoms with E-state index in [-0.39, 0.29) is 0 Å². The average molecular weight is 217 g/mol. The predicted octanol–water partition coefficient (Wildman–Crippen LogP) is -0.0566. The van der Waals surface area contributed by atoms with Gasteiger partial charge in [-0.05, 0) is 0 Å². The molecular formula is C2H2Cl2N4O4. The van der Waals surface area contributed by atoms with Gasteiger partial charge in [0, 0.05) is 11.8 Å². The number of rotatable bonds is 3. The summed E-state index contributed by atoms with van der Waals surface area (Å²) in [5.74, 6) is -1.10. The Kier molecular flexibility index (Phi) is 3.16. The summed E-state index contributed by atoms with van der Waals surface area (Å²) in [5.41, 5.74) is 4.76. The summed E-state index contributed by atoms with van der Waals surface area (Å²) in [7, 11) is 0. The van der Waals surface area contributed by atoms with Crippen LogP contribution in [0.3, 0.4) is 0 Å². The van der Waals surface area contributed by atoms with Gasteiger partial charge in [0.1, 0.15) is 9.85 Å². The zero-order valence-corrected chi connectivity index (χ0v) is 6.82. The molecule has 2 N–H and O–H groups in total. The van der Waals surface area contributed by atoms with Crippen LogP contribution in [-0.2, 0) is 0 Å². The van der Waals surface area contributed by atoms with Crippen LogP contribution < -0.4 is 5.73 Å². The molecule has 8 nitrogen and oxygen atoms in total. The second-order valence-corrected chi connectivity index (χ2v) is 2.27. The Morgan fingerprint density at radius 1 is 1.42 bits per heavy atom. The van der Waals surface area contributed by atoms with Crippen LogP contribution in [0.4, 0.5) is 0 Å². The van der Waals surface area contributed by atoms with Crippen LogP contribution >= 0.6 is 23.4 Å². The Hall–Kier alpha value is -1.15. The molecule has 0 fully saturated rings. The minimum Gasteiger partial charge on any atom is -0.372 e. The molecule has 0 aliphatic rings. The van der Waals surface area contributed by atoms with E-state index in [1.165, 1.54) is 0 Å². The van der Waals surface area contributed by atoms with Crippen molar-refractivity contribution in [3.8, 4) is 0 Å². The fraction of sp³-hybridized carbons (Fsp3) is 0.500. The van der Waals surface area contributed by atoms with Crippen LogP contribution in [0.25, 0.3) is 0 Å². The molecule has 0 saturated heterocycles. The Balaban J connectivity index is 5.16. The van der Waals surface area contributed by atoms with Crippen molar-refractivity contribution in [2.45, 2.75) is 5.12 Å². The van der Waals surface area contributed by atoms with E-state index in [2.05, 4.69) is 4.51 Å². The standard InChI is InChI=1S/C2H2Cl2N4O4/c3-2(7(9)10,8(11)12)1(5)6-4/h(H2,5,6). The molecule has 0 radical (unpaired) electrons. The minimum absolute atomic E-state index is 1.10. The highest BCUT2D eigenvalue weighted by Crippen LogP contribution is 2.17. The Bertz CT molecular complexity index is 237. The first-order valence-electron chi connectivity index (χ1n) is 2.30. The summed E-state index contributed by atoms with van der Waals surface area (Å²) in [6.45, 7) is 0. The second-order valence-electron chi connectivity index (χ2n) is 1.57. The zero-order chi connectivity index (χ0) is 9.94. The van der Waals surface area contributed by atoms with E-state index in [1.54, 1.807) is 0 Å². The predicted molar refractivity (Wildman–Crippen MR) is 40.0 cm³/mol. The van der Waals surface area contributed by atoms with Crippen molar-refractivity contribution in [1.82, 2.24) is 0 Å². The third-order valence-corrected chi connectivity index (χ3v) is 1.55. The number of alkyl halides is 1. The number of nitrogens with zero attached hydrogens (tertiary/aromatic N) is 3. The maximum Gasteiger partial charge on any atom is 0.596 e. The van der Waals surface area contributed by atoms with Crippen molar-refractivity contribution in [3.05, 3.63) is 20.2 Å². The topological polar surface area (TPSA) is 125 Å². The Morgan fingerprint density at radius 2 is 1.75 bits per heavy atom. The van der Waals surface area contributed by atoms with Gasteiger partial charge in [0.25, 0.3) is 5.84 Å². The lowest BCUT2D eigenvalue weighted by Gasteiger charge is -2.06. The van der Waals surface area contributed by atoms with Crippen molar-refractivity contribution in [2.75, 3.05) is 0 Å². The van der Waals surface area contributed by atoms with E-state index in [0.29, 0.717) is 0 Å². The van der Waals surface area contributed by atoms with E-state index in [9.17, 15) is 20.2 Å².